The quantitative estimate of drug-likeness (QED) is 0.822. The van der Waals surface area contributed by atoms with E-state index in [9.17, 15) is 0 Å². The first-order valence-electron chi connectivity index (χ1n) is 6.21. The number of thiophene rings is 1. The number of rotatable bonds is 4. The van der Waals surface area contributed by atoms with E-state index < -0.39 is 0 Å². The first-order valence-corrected chi connectivity index (χ1v) is 7.09. The second-order valence-electron chi connectivity index (χ2n) is 4.47. The first-order chi connectivity index (χ1) is 7.45. The van der Waals surface area contributed by atoms with Gasteiger partial charge in [0.05, 0.1) is 0 Å². The van der Waals surface area contributed by atoms with E-state index in [4.69, 9.17) is 0 Å². The van der Waals surface area contributed by atoms with Gasteiger partial charge in [-0.25, -0.2) is 0 Å². The Morgan fingerprint density at radius 3 is 3.20 bits per heavy atom. The van der Waals surface area contributed by atoms with Crippen molar-refractivity contribution in [1.82, 2.24) is 5.32 Å². The summed E-state index contributed by atoms with van der Waals surface area (Å²) in [5.74, 6) is 0. The van der Waals surface area contributed by atoms with E-state index in [2.05, 4.69) is 22.8 Å². The molecule has 1 aliphatic rings. The van der Waals surface area contributed by atoms with Crippen LogP contribution >= 0.6 is 11.3 Å². The van der Waals surface area contributed by atoms with Crippen molar-refractivity contribution in [2.24, 2.45) is 0 Å². The molecule has 0 saturated carbocycles. The summed E-state index contributed by atoms with van der Waals surface area (Å²) in [6.07, 6.45) is 9.60. The van der Waals surface area contributed by atoms with Crippen LogP contribution in [-0.2, 0) is 6.42 Å². The van der Waals surface area contributed by atoms with Gasteiger partial charge in [-0.3, -0.25) is 0 Å². The molecule has 0 amide bonds. The van der Waals surface area contributed by atoms with E-state index >= 15 is 0 Å². The predicted molar refractivity (Wildman–Crippen MR) is 67.5 cm³/mol. The maximum atomic E-state index is 3.67. The molecule has 1 fully saturated rings. The van der Waals surface area contributed by atoms with Gasteiger partial charge in [0.25, 0.3) is 0 Å². The van der Waals surface area contributed by atoms with Crippen molar-refractivity contribution in [3.8, 4) is 0 Å². The molecule has 1 N–H and O–H groups in total. The van der Waals surface area contributed by atoms with E-state index in [0.29, 0.717) is 0 Å². The molecule has 1 nitrogen and oxygen atoms in total. The van der Waals surface area contributed by atoms with Gasteiger partial charge in [-0.15, -0.1) is 11.3 Å². The minimum absolute atomic E-state index is 0.799. The lowest BCUT2D eigenvalue weighted by Crippen LogP contribution is -2.28. The molecular formula is C13H21NS. The lowest BCUT2D eigenvalue weighted by Gasteiger charge is -2.14. The van der Waals surface area contributed by atoms with Gasteiger partial charge in [0.1, 0.15) is 0 Å². The van der Waals surface area contributed by atoms with Gasteiger partial charge < -0.3 is 5.32 Å². The van der Waals surface area contributed by atoms with Crippen LogP contribution in [0, 0.1) is 0 Å². The average molecular weight is 223 g/mol. The molecule has 1 aromatic heterocycles. The molecule has 2 heterocycles. The van der Waals surface area contributed by atoms with Gasteiger partial charge in [0.2, 0.25) is 0 Å². The summed E-state index contributed by atoms with van der Waals surface area (Å²) in [6.45, 7) is 1.24. The normalized spacial score (nSPS) is 22.5. The molecule has 84 valence electrons. The molecule has 1 aliphatic heterocycles. The molecule has 0 aromatic carbocycles. The largest absolute Gasteiger partial charge is 0.314 e. The van der Waals surface area contributed by atoms with E-state index in [1.54, 1.807) is 4.88 Å². The maximum Gasteiger partial charge on any atom is 0.00671 e. The number of hydrogen-bond donors (Lipinski definition) is 1. The average Bonchev–Trinajstić information content (AvgIpc) is 2.62. The Balaban J connectivity index is 1.64. The summed E-state index contributed by atoms with van der Waals surface area (Å²) in [6, 6.07) is 5.21. The molecule has 1 unspecified atom stereocenters. The van der Waals surface area contributed by atoms with Crippen molar-refractivity contribution in [3.63, 3.8) is 0 Å². The molecule has 1 aromatic rings. The summed E-state index contributed by atoms with van der Waals surface area (Å²) in [7, 11) is 0. The molecule has 2 heteroatoms. The third-order valence-electron chi connectivity index (χ3n) is 3.22. The zero-order valence-electron chi connectivity index (χ0n) is 9.37. The zero-order chi connectivity index (χ0) is 10.3. The van der Waals surface area contributed by atoms with Crippen LogP contribution in [-0.4, -0.2) is 12.6 Å². The fraction of sp³-hybridized carbons (Fsp3) is 0.692. The molecule has 1 saturated heterocycles. The minimum Gasteiger partial charge on any atom is -0.314 e. The van der Waals surface area contributed by atoms with E-state index in [0.717, 1.165) is 6.04 Å². The number of aryl methyl sites for hydroxylation is 1. The van der Waals surface area contributed by atoms with Crippen molar-refractivity contribution in [3.05, 3.63) is 22.4 Å². The van der Waals surface area contributed by atoms with Gasteiger partial charge in [0.15, 0.2) is 0 Å². The predicted octanol–water partition coefficient (Wildman–Crippen LogP) is 3.60. The minimum atomic E-state index is 0.799. The maximum absolute atomic E-state index is 3.67. The van der Waals surface area contributed by atoms with Crippen LogP contribution in [0.5, 0.6) is 0 Å². The van der Waals surface area contributed by atoms with Gasteiger partial charge >= 0.3 is 0 Å². The number of nitrogens with one attached hydrogen (secondary N) is 1. The second kappa shape index (κ2) is 6.29. The van der Waals surface area contributed by atoms with Crippen molar-refractivity contribution in [1.29, 1.82) is 0 Å². The highest BCUT2D eigenvalue weighted by molar-refractivity contribution is 7.09. The Kier molecular flexibility index (Phi) is 4.68. The molecule has 15 heavy (non-hydrogen) atoms. The van der Waals surface area contributed by atoms with Crippen LogP contribution in [0.15, 0.2) is 17.5 Å². The van der Waals surface area contributed by atoms with Crippen molar-refractivity contribution in [2.45, 2.75) is 51.0 Å². The summed E-state index contributed by atoms with van der Waals surface area (Å²) < 4.78 is 0. The highest BCUT2D eigenvalue weighted by Gasteiger charge is 2.10. The standard InChI is InChI=1S/C13H21NS/c1-2-6-12(14-10-3-1)7-4-8-13-9-5-11-15-13/h5,9,11-12,14H,1-4,6-8,10H2. The molecule has 0 spiro atoms. The van der Waals surface area contributed by atoms with Crippen LogP contribution in [0.1, 0.15) is 43.4 Å². The Morgan fingerprint density at radius 2 is 2.33 bits per heavy atom. The van der Waals surface area contributed by atoms with Crippen LogP contribution < -0.4 is 5.32 Å². The SMILES string of the molecule is c1csc(CCCC2CCCCCN2)c1. The summed E-state index contributed by atoms with van der Waals surface area (Å²) in [5, 5.41) is 5.84. The Morgan fingerprint density at radius 1 is 1.33 bits per heavy atom. The first kappa shape index (κ1) is 11.2. The molecule has 1 atom stereocenters. The van der Waals surface area contributed by atoms with Crippen molar-refractivity contribution in [2.75, 3.05) is 6.54 Å². The lowest BCUT2D eigenvalue weighted by atomic mass is 10.0. The van der Waals surface area contributed by atoms with E-state index in [1.165, 1.54) is 51.5 Å². The fourth-order valence-corrected chi connectivity index (χ4v) is 3.08. The van der Waals surface area contributed by atoms with E-state index in [-0.39, 0.29) is 0 Å². The zero-order valence-corrected chi connectivity index (χ0v) is 10.2. The van der Waals surface area contributed by atoms with Crippen molar-refractivity contribution >= 4 is 11.3 Å². The van der Waals surface area contributed by atoms with Crippen LogP contribution in [0.2, 0.25) is 0 Å². The van der Waals surface area contributed by atoms with Crippen LogP contribution in [0.3, 0.4) is 0 Å². The van der Waals surface area contributed by atoms with Gasteiger partial charge in [0, 0.05) is 10.9 Å². The second-order valence-corrected chi connectivity index (χ2v) is 5.50. The van der Waals surface area contributed by atoms with Crippen LogP contribution in [0.4, 0.5) is 0 Å². The van der Waals surface area contributed by atoms with Crippen LogP contribution in [0.25, 0.3) is 0 Å². The summed E-state index contributed by atoms with van der Waals surface area (Å²) in [5.41, 5.74) is 0. The Labute approximate surface area is 96.9 Å². The molecule has 2 rings (SSSR count). The van der Waals surface area contributed by atoms with E-state index in [1.807, 2.05) is 11.3 Å². The summed E-state index contributed by atoms with van der Waals surface area (Å²) >= 11 is 1.89. The van der Waals surface area contributed by atoms with Gasteiger partial charge in [-0.05, 0) is 50.1 Å². The smallest absolute Gasteiger partial charge is 0.00671 e. The monoisotopic (exact) mass is 223 g/mol. The highest BCUT2D eigenvalue weighted by Crippen LogP contribution is 2.16. The third-order valence-corrected chi connectivity index (χ3v) is 4.15. The highest BCUT2D eigenvalue weighted by atomic mass is 32.1. The fourth-order valence-electron chi connectivity index (χ4n) is 2.32. The molecule has 0 radical (unpaired) electrons. The third kappa shape index (κ3) is 3.96. The lowest BCUT2D eigenvalue weighted by molar-refractivity contribution is 0.465. The molecule has 0 bridgehead atoms. The topological polar surface area (TPSA) is 12.0 Å². The summed E-state index contributed by atoms with van der Waals surface area (Å²) in [4.78, 5) is 1.55. The van der Waals surface area contributed by atoms with Gasteiger partial charge in [-0.1, -0.05) is 18.9 Å². The Bertz CT molecular complexity index is 248. The van der Waals surface area contributed by atoms with Crippen molar-refractivity contribution < 1.29 is 0 Å². The Hall–Kier alpha value is -0.340. The van der Waals surface area contributed by atoms with Gasteiger partial charge in [-0.2, -0.15) is 0 Å². The molecule has 0 aliphatic carbocycles. The number of hydrogen-bond acceptors (Lipinski definition) is 2. The molecular weight excluding hydrogens is 202 g/mol.